The van der Waals surface area contributed by atoms with Crippen LogP contribution in [0.15, 0.2) is 30.3 Å². The number of aliphatic carboxylic acids is 1. The maximum atomic E-state index is 10.2. The molecule has 1 aromatic carbocycles. The second-order valence-electron chi connectivity index (χ2n) is 2.38. The lowest BCUT2D eigenvalue weighted by Crippen LogP contribution is -1.96. The highest BCUT2D eigenvalue weighted by atomic mass is 16.4. The van der Waals surface area contributed by atoms with Gasteiger partial charge in [0, 0.05) is 20.6 Å². The van der Waals surface area contributed by atoms with Crippen LogP contribution >= 0.6 is 0 Å². The van der Waals surface area contributed by atoms with Crippen LogP contribution in [0, 0.1) is 25.7 Å². The van der Waals surface area contributed by atoms with Crippen LogP contribution in [-0.4, -0.2) is 42.6 Å². The van der Waals surface area contributed by atoms with Crippen LogP contribution in [0.25, 0.3) is 0 Å². The Bertz CT molecular complexity index is 302. The van der Waals surface area contributed by atoms with E-state index in [2.05, 4.69) is 31.4 Å². The number of carbonyl (C=O) groups is 1. The highest BCUT2D eigenvalue weighted by Gasteiger charge is 1.96. The number of nitrogens with two attached hydrogens (primary N) is 1. The Balaban J connectivity index is -0.0000000727. The van der Waals surface area contributed by atoms with Crippen LogP contribution in [0.1, 0.15) is 12.0 Å². The van der Waals surface area contributed by atoms with Crippen LogP contribution < -0.4 is 5.73 Å². The fourth-order valence-electron chi connectivity index (χ4n) is 0.896. The van der Waals surface area contributed by atoms with E-state index < -0.39 is 5.97 Å². The lowest BCUT2D eigenvalue weighted by molar-refractivity contribution is -0.136. The van der Waals surface area contributed by atoms with E-state index in [4.69, 9.17) is 15.3 Å². The van der Waals surface area contributed by atoms with Crippen LogP contribution in [-0.2, 0) is 11.2 Å². The summed E-state index contributed by atoms with van der Waals surface area (Å²) in [6.07, 6.45) is 16.8. The average molecular weight is 297 g/mol. The number of aliphatic hydroxyl groups excluding tert-OH is 2. The summed E-state index contributed by atoms with van der Waals surface area (Å²) in [6.45, 7) is 0. The highest BCUT2D eigenvalue weighted by Crippen LogP contribution is 2.01. The first-order valence-electron chi connectivity index (χ1n) is 5.68. The molecule has 5 heteroatoms. The molecule has 0 atom stereocenters. The molecule has 0 saturated carbocycles. The van der Waals surface area contributed by atoms with Gasteiger partial charge in [-0.3, -0.25) is 4.79 Å². The zero-order valence-electron chi connectivity index (χ0n) is 12.9. The third-order valence-electron chi connectivity index (χ3n) is 1.47. The first kappa shape index (κ1) is 31.2. The number of carboxylic acids is 1. The van der Waals surface area contributed by atoms with Gasteiger partial charge in [-0.15, -0.1) is 25.7 Å². The molecule has 0 aromatic heterocycles. The number of hydrogen-bond donors (Lipinski definition) is 4. The van der Waals surface area contributed by atoms with Gasteiger partial charge in [0.1, 0.15) is 0 Å². The molecule has 0 saturated heterocycles. The molecule has 0 aliphatic carbocycles. The predicted molar refractivity (Wildman–Crippen MR) is 88.6 cm³/mol. The molecule has 0 amide bonds. The molecule has 5 nitrogen and oxygen atoms in total. The van der Waals surface area contributed by atoms with Crippen LogP contribution in [0.2, 0.25) is 0 Å². The van der Waals surface area contributed by atoms with Crippen molar-refractivity contribution in [2.24, 2.45) is 5.73 Å². The molecule has 0 aliphatic rings. The summed E-state index contributed by atoms with van der Waals surface area (Å²) < 4.78 is 0. The molecule has 0 heterocycles. The lowest BCUT2D eigenvalue weighted by atomic mass is 10.1. The predicted octanol–water partition coefficient (Wildman–Crippen LogP) is 0.995. The highest BCUT2D eigenvalue weighted by molar-refractivity contribution is 5.67. The van der Waals surface area contributed by atoms with Crippen molar-refractivity contribution in [1.29, 1.82) is 0 Å². The zero-order valence-corrected chi connectivity index (χ0v) is 12.9. The van der Waals surface area contributed by atoms with E-state index in [9.17, 15) is 4.79 Å². The van der Waals surface area contributed by atoms with E-state index in [0.717, 1.165) is 19.8 Å². The summed E-state index contributed by atoms with van der Waals surface area (Å²) in [5.41, 5.74) is 5.58. The standard InChI is InChI=1S/C9H10O2.2C2H2.CH5N.2CH4O/c10-9(11)7-6-8-4-2-1-3-5-8;5*1-2/h1-5H,6-7H2,(H,10,11);2*1-2H;2H2,1H3;2*2H,1H3. The van der Waals surface area contributed by atoms with Crippen molar-refractivity contribution in [3.63, 3.8) is 0 Å². The van der Waals surface area contributed by atoms with Crippen LogP contribution in [0.5, 0.6) is 0 Å². The summed E-state index contributed by atoms with van der Waals surface area (Å²) >= 11 is 0. The number of carboxylic acid groups (broad SMARTS) is 1. The van der Waals surface area contributed by atoms with Gasteiger partial charge in [-0.05, 0) is 19.0 Å². The molecule has 120 valence electrons. The SMILES string of the molecule is C#C.C#C.CN.CO.CO.O=C(O)CCc1ccccc1. The summed E-state index contributed by atoms with van der Waals surface area (Å²) in [4.78, 5) is 10.2. The van der Waals surface area contributed by atoms with Gasteiger partial charge in [-0.25, -0.2) is 0 Å². The van der Waals surface area contributed by atoms with E-state index in [0.29, 0.717) is 6.42 Å². The molecule has 0 fully saturated rings. The molecule has 0 aliphatic heterocycles. The maximum Gasteiger partial charge on any atom is 0.303 e. The van der Waals surface area contributed by atoms with Gasteiger partial charge in [-0.1, -0.05) is 30.3 Å². The number of terminal acetylenes is 2. The van der Waals surface area contributed by atoms with Gasteiger partial charge in [0.15, 0.2) is 0 Å². The third-order valence-corrected chi connectivity index (χ3v) is 1.47. The minimum atomic E-state index is -0.742. The number of hydrogen-bond acceptors (Lipinski definition) is 4. The van der Waals surface area contributed by atoms with Gasteiger partial charge in [0.2, 0.25) is 0 Å². The fourth-order valence-corrected chi connectivity index (χ4v) is 0.896. The van der Waals surface area contributed by atoms with Crippen molar-refractivity contribution in [3.8, 4) is 25.7 Å². The quantitative estimate of drug-likeness (QED) is 0.623. The smallest absolute Gasteiger partial charge is 0.303 e. The van der Waals surface area contributed by atoms with Crippen molar-refractivity contribution in [1.82, 2.24) is 0 Å². The van der Waals surface area contributed by atoms with E-state index >= 15 is 0 Å². The summed E-state index contributed by atoms with van der Waals surface area (Å²) in [5.74, 6) is -0.742. The molecule has 1 aromatic rings. The van der Waals surface area contributed by atoms with Gasteiger partial charge in [0.05, 0.1) is 0 Å². The zero-order chi connectivity index (χ0) is 18.1. The molecule has 0 unspecified atom stereocenters. The maximum absolute atomic E-state index is 10.2. The van der Waals surface area contributed by atoms with E-state index in [1.54, 1.807) is 0 Å². The topological polar surface area (TPSA) is 104 Å². The van der Waals surface area contributed by atoms with Gasteiger partial charge < -0.3 is 21.1 Å². The Labute approximate surface area is 128 Å². The number of benzene rings is 1. The van der Waals surface area contributed by atoms with E-state index in [1.807, 2.05) is 30.3 Å². The number of rotatable bonds is 3. The van der Waals surface area contributed by atoms with Crippen molar-refractivity contribution < 1.29 is 20.1 Å². The Morgan fingerprint density at radius 2 is 1.29 bits per heavy atom. The molecular formula is C16H27NO4. The largest absolute Gasteiger partial charge is 0.481 e. The average Bonchev–Trinajstić information content (AvgIpc) is 2.63. The van der Waals surface area contributed by atoms with Crippen molar-refractivity contribution in [2.45, 2.75) is 12.8 Å². The first-order valence-corrected chi connectivity index (χ1v) is 5.68. The Hall–Kier alpha value is -2.31. The molecule has 0 bridgehead atoms. The van der Waals surface area contributed by atoms with Gasteiger partial charge >= 0.3 is 5.97 Å². The van der Waals surface area contributed by atoms with E-state index in [-0.39, 0.29) is 6.42 Å². The second kappa shape index (κ2) is 43.1. The molecule has 0 radical (unpaired) electrons. The summed E-state index contributed by atoms with van der Waals surface area (Å²) in [5, 5.41) is 22.4. The van der Waals surface area contributed by atoms with Gasteiger partial charge in [-0.2, -0.15) is 0 Å². The van der Waals surface area contributed by atoms with Crippen LogP contribution in [0.4, 0.5) is 0 Å². The normalized spacial score (nSPS) is 6.00. The molecule has 1 rings (SSSR count). The third kappa shape index (κ3) is 38.1. The molecular weight excluding hydrogens is 270 g/mol. The minimum absolute atomic E-state index is 0.212. The molecule has 21 heavy (non-hydrogen) atoms. The van der Waals surface area contributed by atoms with Crippen molar-refractivity contribution in [3.05, 3.63) is 35.9 Å². The van der Waals surface area contributed by atoms with Crippen molar-refractivity contribution in [2.75, 3.05) is 21.3 Å². The molecule has 5 N–H and O–H groups in total. The number of aryl methyl sites for hydroxylation is 1. The monoisotopic (exact) mass is 297 g/mol. The minimum Gasteiger partial charge on any atom is -0.481 e. The lowest BCUT2D eigenvalue weighted by Gasteiger charge is -1.95. The molecule has 0 spiro atoms. The van der Waals surface area contributed by atoms with Crippen LogP contribution in [0.3, 0.4) is 0 Å². The second-order valence-corrected chi connectivity index (χ2v) is 2.38. The summed E-state index contributed by atoms with van der Waals surface area (Å²) in [6, 6.07) is 9.62. The van der Waals surface area contributed by atoms with Crippen molar-refractivity contribution >= 4 is 5.97 Å². The summed E-state index contributed by atoms with van der Waals surface area (Å²) in [7, 11) is 3.50. The van der Waals surface area contributed by atoms with E-state index in [1.165, 1.54) is 7.05 Å². The first-order chi connectivity index (χ1) is 10.3. The number of aliphatic hydroxyl groups is 2. The van der Waals surface area contributed by atoms with Gasteiger partial charge in [0.25, 0.3) is 0 Å². The Kier molecular flexibility index (Phi) is 64.1. The fraction of sp³-hybridized carbons (Fsp3) is 0.312. The Morgan fingerprint density at radius 3 is 1.57 bits per heavy atom. The Morgan fingerprint density at radius 1 is 0.952 bits per heavy atom.